The molecule has 10 aromatic rings. The average Bonchev–Trinajstić information content (AvgIpc) is 3.76. The van der Waals surface area contributed by atoms with E-state index in [0.717, 1.165) is 17.9 Å². The van der Waals surface area contributed by atoms with Crippen LogP contribution in [-0.2, 0) is 0 Å². The molecule has 2 aliphatic rings. The van der Waals surface area contributed by atoms with Crippen molar-refractivity contribution >= 4 is 60.4 Å². The van der Waals surface area contributed by atoms with E-state index in [2.05, 4.69) is 258 Å². The zero-order valence-corrected chi connectivity index (χ0v) is 36.1. The summed E-state index contributed by atoms with van der Waals surface area (Å²) in [7, 11) is -1.81. The minimum absolute atomic E-state index is 0.0910. The van der Waals surface area contributed by atoms with Crippen LogP contribution in [0.5, 0.6) is 0 Å². The third kappa shape index (κ3) is 6.13. The summed E-state index contributed by atoms with van der Waals surface area (Å²) < 4.78 is 0. The molecule has 3 nitrogen and oxygen atoms in total. The molecule has 0 saturated carbocycles. The van der Waals surface area contributed by atoms with Gasteiger partial charge in [-0.3, -0.25) is 0 Å². The van der Waals surface area contributed by atoms with Gasteiger partial charge in [-0.25, -0.2) is 0 Å². The Labute approximate surface area is 376 Å². The molecule has 0 aliphatic carbocycles. The molecule has 2 aliphatic heterocycles. The molecule has 0 aromatic heterocycles. The summed E-state index contributed by atoms with van der Waals surface area (Å²) in [6.07, 6.45) is 4.33. The van der Waals surface area contributed by atoms with Crippen LogP contribution in [0.25, 0.3) is 49.9 Å². The maximum Gasteiger partial charge on any atom is 0.132 e. The van der Waals surface area contributed by atoms with Crippen LogP contribution >= 0.6 is 10.0 Å². The van der Waals surface area contributed by atoms with Crippen molar-refractivity contribution < 1.29 is 0 Å². The molecule has 0 amide bonds. The number of rotatable bonds is 8. The van der Waals surface area contributed by atoms with Crippen LogP contribution < -0.4 is 15.5 Å². The molecule has 2 N–H and O–H groups in total. The number of hydrogen-bond donors (Lipinski definition) is 2. The zero-order chi connectivity index (χ0) is 42.5. The third-order valence-electron chi connectivity index (χ3n) is 13.0. The first-order valence-corrected chi connectivity index (χ1v) is 23.7. The second kappa shape index (κ2) is 15.8. The van der Waals surface area contributed by atoms with E-state index < -0.39 is 10.0 Å². The normalized spacial score (nSPS) is 14.4. The SMILES string of the molecule is C1=Cc2cccc([C@@H]3Nc4ccccc4N3c3cccc(-c4c5ccccc5c(-c5ccc(S(c6ccccc6)(c6ccccc6)c6ccccc6)cc5)c5ccccc45)c3)c2NC1. The first-order chi connectivity index (χ1) is 31.8. The van der Waals surface area contributed by atoms with E-state index in [1.54, 1.807) is 0 Å². The fraction of sp³-hybridized carbons (Fsp3) is 0.0333. The van der Waals surface area contributed by atoms with Gasteiger partial charge < -0.3 is 15.5 Å². The van der Waals surface area contributed by atoms with Gasteiger partial charge in [0.1, 0.15) is 6.17 Å². The molecule has 0 fully saturated rings. The summed E-state index contributed by atoms with van der Waals surface area (Å²) in [6.45, 7) is 0.816. The molecule has 0 spiro atoms. The van der Waals surface area contributed by atoms with E-state index in [9.17, 15) is 0 Å². The molecule has 0 bridgehead atoms. The Kier molecular flexibility index (Phi) is 9.39. The van der Waals surface area contributed by atoms with E-state index in [-0.39, 0.29) is 6.17 Å². The molecule has 0 unspecified atom stereocenters. The van der Waals surface area contributed by atoms with Crippen molar-refractivity contribution in [3.05, 3.63) is 248 Å². The number of fused-ring (bicyclic) bond motifs is 4. The summed E-state index contributed by atoms with van der Waals surface area (Å²) in [5.74, 6) is 0. The van der Waals surface area contributed by atoms with Crippen molar-refractivity contribution in [1.29, 1.82) is 0 Å². The summed E-state index contributed by atoms with van der Waals surface area (Å²) in [5, 5.41) is 12.5. The van der Waals surface area contributed by atoms with Crippen molar-refractivity contribution in [3.8, 4) is 22.3 Å². The van der Waals surface area contributed by atoms with Crippen LogP contribution in [0.2, 0.25) is 0 Å². The third-order valence-corrected chi connectivity index (χ3v) is 16.9. The molecule has 1 atom stereocenters. The van der Waals surface area contributed by atoms with E-state index in [4.69, 9.17) is 0 Å². The standard InChI is InChI=1S/C60H45N3S/c1-4-23-46(24-5-1)64(47-25-6-2-7-26-47,48-27-8-3-9-28-48)49-38-36-42(37-39-49)57-50-29-10-12-31-52(50)58(53-32-13-11-30-51(53)57)44-20-16-22-45(41-44)63-56-35-15-14-34-55(56)62-60(63)54-33-17-19-43-21-18-40-61-59(43)54/h1-39,41,60-62H,40H2/t60-/m1/s1. The summed E-state index contributed by atoms with van der Waals surface area (Å²) in [6, 6.07) is 85.2. The van der Waals surface area contributed by atoms with Crippen LogP contribution in [0.4, 0.5) is 22.7 Å². The Morgan fingerprint density at radius 3 is 1.56 bits per heavy atom. The van der Waals surface area contributed by atoms with Gasteiger partial charge in [-0.05, 0) is 122 Å². The van der Waals surface area contributed by atoms with Crippen LogP contribution in [0.3, 0.4) is 0 Å². The summed E-state index contributed by atoms with van der Waals surface area (Å²) in [5.41, 5.74) is 12.0. The Balaban J connectivity index is 1.02. The lowest BCUT2D eigenvalue weighted by molar-refractivity contribution is 0.828. The topological polar surface area (TPSA) is 27.3 Å². The highest BCUT2D eigenvalue weighted by molar-refractivity contribution is 8.34. The first kappa shape index (κ1) is 37.9. The number of nitrogens with one attached hydrogen (secondary N) is 2. The molecule has 306 valence electrons. The Morgan fingerprint density at radius 1 is 0.438 bits per heavy atom. The van der Waals surface area contributed by atoms with E-state index >= 15 is 0 Å². The van der Waals surface area contributed by atoms with E-state index in [1.807, 2.05) is 0 Å². The molecular formula is C60H45N3S. The van der Waals surface area contributed by atoms with Gasteiger partial charge in [0.2, 0.25) is 0 Å². The van der Waals surface area contributed by atoms with Crippen LogP contribution in [0.1, 0.15) is 17.3 Å². The van der Waals surface area contributed by atoms with Gasteiger partial charge in [-0.2, -0.15) is 0 Å². The minimum atomic E-state index is -1.81. The summed E-state index contributed by atoms with van der Waals surface area (Å²) >= 11 is 0. The van der Waals surface area contributed by atoms with Crippen LogP contribution in [-0.4, -0.2) is 6.54 Å². The summed E-state index contributed by atoms with van der Waals surface area (Å²) in [4.78, 5) is 7.73. The average molecular weight is 840 g/mol. The number of hydrogen-bond acceptors (Lipinski definition) is 3. The fourth-order valence-corrected chi connectivity index (χ4v) is 14.1. The van der Waals surface area contributed by atoms with Crippen LogP contribution in [0, 0.1) is 0 Å². The highest BCUT2D eigenvalue weighted by Crippen LogP contribution is 2.73. The highest BCUT2D eigenvalue weighted by Gasteiger charge is 2.35. The van der Waals surface area contributed by atoms with Gasteiger partial charge >= 0.3 is 0 Å². The van der Waals surface area contributed by atoms with Gasteiger partial charge in [0.05, 0.1) is 11.4 Å². The monoisotopic (exact) mass is 839 g/mol. The number of para-hydroxylation sites is 3. The lowest BCUT2D eigenvalue weighted by Crippen LogP contribution is -2.25. The molecule has 0 radical (unpaired) electrons. The van der Waals surface area contributed by atoms with Crippen molar-refractivity contribution in [3.63, 3.8) is 0 Å². The van der Waals surface area contributed by atoms with Gasteiger partial charge in [0, 0.05) is 43.1 Å². The van der Waals surface area contributed by atoms with E-state index in [0.29, 0.717) is 0 Å². The smallest absolute Gasteiger partial charge is 0.132 e. The predicted octanol–water partition coefficient (Wildman–Crippen LogP) is 16.4. The van der Waals surface area contributed by atoms with Crippen LogP contribution in [0.15, 0.2) is 256 Å². The Morgan fingerprint density at radius 2 is 0.953 bits per heavy atom. The van der Waals surface area contributed by atoms with Crippen molar-refractivity contribution in [2.45, 2.75) is 25.7 Å². The Bertz CT molecular complexity index is 3210. The number of anilines is 4. The van der Waals surface area contributed by atoms with Crippen molar-refractivity contribution in [2.24, 2.45) is 0 Å². The molecular weight excluding hydrogens is 795 g/mol. The second-order valence-electron chi connectivity index (χ2n) is 16.5. The molecule has 4 heteroatoms. The maximum atomic E-state index is 3.90. The highest BCUT2D eigenvalue weighted by atomic mass is 32.3. The van der Waals surface area contributed by atoms with Gasteiger partial charge in [-0.1, -0.05) is 170 Å². The molecule has 12 rings (SSSR count). The van der Waals surface area contributed by atoms with Gasteiger partial charge in [-0.15, -0.1) is 10.0 Å². The minimum Gasteiger partial charge on any atom is -0.381 e. The quantitative estimate of drug-likeness (QED) is 0.149. The van der Waals surface area contributed by atoms with Gasteiger partial charge in [0.15, 0.2) is 0 Å². The number of benzene rings is 10. The molecule has 0 saturated heterocycles. The largest absolute Gasteiger partial charge is 0.381 e. The molecule has 10 aromatic carbocycles. The van der Waals surface area contributed by atoms with Crippen molar-refractivity contribution in [1.82, 2.24) is 0 Å². The lowest BCUT2D eigenvalue weighted by Gasteiger charge is -2.42. The molecule has 2 heterocycles. The Hall–Kier alpha value is -7.79. The molecule has 64 heavy (non-hydrogen) atoms. The van der Waals surface area contributed by atoms with Crippen molar-refractivity contribution in [2.75, 3.05) is 22.1 Å². The fourth-order valence-electron chi connectivity index (χ4n) is 10.2. The number of nitrogens with zero attached hydrogens (tertiary/aromatic N) is 1. The van der Waals surface area contributed by atoms with Gasteiger partial charge in [0.25, 0.3) is 0 Å². The maximum absolute atomic E-state index is 3.90. The second-order valence-corrected chi connectivity index (χ2v) is 19.6. The zero-order valence-electron chi connectivity index (χ0n) is 35.2. The lowest BCUT2D eigenvalue weighted by atomic mass is 9.86. The predicted molar refractivity (Wildman–Crippen MR) is 271 cm³/mol. The van der Waals surface area contributed by atoms with E-state index in [1.165, 1.54) is 85.9 Å². The first-order valence-electron chi connectivity index (χ1n) is 22.1.